The van der Waals surface area contributed by atoms with Crippen molar-refractivity contribution < 1.29 is 12.6 Å². The van der Waals surface area contributed by atoms with Crippen molar-refractivity contribution in [2.24, 2.45) is 0 Å². The topological polar surface area (TPSA) is 43.4 Å². The summed E-state index contributed by atoms with van der Waals surface area (Å²) in [6.45, 7) is 3.48. The Kier molecular flexibility index (Phi) is 9.10. The standard InChI is InChI=1S/C6H10O3S.Na.H/c1-3-5-9-10(7,8)6-4-2;;/h3,5H2,1-2H3;;. The molecule has 0 unspecified atom stereocenters. The number of hydrogen-bond donors (Lipinski definition) is 0. The molecule has 0 aromatic heterocycles. The van der Waals surface area contributed by atoms with E-state index >= 15 is 0 Å². The van der Waals surface area contributed by atoms with Crippen molar-refractivity contribution in [1.29, 1.82) is 0 Å². The Morgan fingerprint density at radius 3 is 2.36 bits per heavy atom. The monoisotopic (exact) mass is 186 g/mol. The van der Waals surface area contributed by atoms with E-state index in [1.807, 2.05) is 12.2 Å². The summed E-state index contributed by atoms with van der Waals surface area (Å²) in [7, 11) is -3.55. The van der Waals surface area contributed by atoms with Gasteiger partial charge in [-0.05, 0) is 13.3 Å². The summed E-state index contributed by atoms with van der Waals surface area (Å²) in [5, 5.41) is 1.96. The zero-order valence-electron chi connectivity index (χ0n) is 6.05. The Labute approximate surface area is 89.9 Å². The van der Waals surface area contributed by atoms with Gasteiger partial charge >= 0.3 is 39.7 Å². The van der Waals surface area contributed by atoms with E-state index in [0.29, 0.717) is 6.42 Å². The van der Waals surface area contributed by atoms with Gasteiger partial charge in [-0.3, -0.25) is 4.18 Å². The molecule has 0 bridgehead atoms. The molecule has 0 aromatic carbocycles. The van der Waals surface area contributed by atoms with Crippen LogP contribution in [-0.2, 0) is 14.3 Å². The van der Waals surface area contributed by atoms with Gasteiger partial charge in [0.1, 0.15) is 0 Å². The van der Waals surface area contributed by atoms with Gasteiger partial charge in [-0.2, -0.15) is 8.42 Å². The van der Waals surface area contributed by atoms with Gasteiger partial charge < -0.3 is 0 Å². The van der Waals surface area contributed by atoms with Crippen molar-refractivity contribution in [2.75, 3.05) is 6.61 Å². The fraction of sp³-hybridized carbons (Fsp3) is 0.667. The van der Waals surface area contributed by atoms with Crippen LogP contribution in [-0.4, -0.2) is 44.6 Å². The van der Waals surface area contributed by atoms with Crippen molar-refractivity contribution in [3.05, 3.63) is 0 Å². The quantitative estimate of drug-likeness (QED) is 0.356. The van der Waals surface area contributed by atoms with Crippen molar-refractivity contribution in [2.45, 2.75) is 20.3 Å². The average Bonchev–Trinajstić information content (AvgIpc) is 1.84. The molecule has 0 saturated carbocycles. The third-order valence-electron chi connectivity index (χ3n) is 0.670. The molecule has 5 heteroatoms. The van der Waals surface area contributed by atoms with Gasteiger partial charge in [0.2, 0.25) is 0 Å². The Balaban J connectivity index is 0. The molecule has 0 fully saturated rings. The Hall–Kier alpha value is 0.470. The molecule has 3 nitrogen and oxygen atoms in total. The molecule has 0 N–H and O–H groups in total. The van der Waals surface area contributed by atoms with E-state index < -0.39 is 10.1 Å². The van der Waals surface area contributed by atoms with Crippen LogP contribution in [0.3, 0.4) is 0 Å². The van der Waals surface area contributed by atoms with E-state index in [1.165, 1.54) is 6.92 Å². The third-order valence-corrected chi connectivity index (χ3v) is 1.60. The molecule has 0 aliphatic carbocycles. The molecule has 0 saturated heterocycles. The molecule has 0 atom stereocenters. The van der Waals surface area contributed by atoms with Gasteiger partial charge in [0.05, 0.1) is 11.9 Å². The zero-order chi connectivity index (χ0) is 8.04. The minimum atomic E-state index is -3.55. The minimum absolute atomic E-state index is 0. The first-order chi connectivity index (χ1) is 4.62. The summed E-state index contributed by atoms with van der Waals surface area (Å²) in [6, 6.07) is 0. The second kappa shape index (κ2) is 7.14. The number of hydrogen-bond acceptors (Lipinski definition) is 3. The maximum atomic E-state index is 10.6. The second-order valence-electron chi connectivity index (χ2n) is 1.63. The van der Waals surface area contributed by atoms with Crippen LogP contribution in [0.4, 0.5) is 0 Å². The molecule has 0 heterocycles. The van der Waals surface area contributed by atoms with E-state index in [4.69, 9.17) is 0 Å². The molecule has 0 aromatic rings. The molecular formula is C6H11NaO3S. The van der Waals surface area contributed by atoms with Crippen molar-refractivity contribution in [1.82, 2.24) is 0 Å². The van der Waals surface area contributed by atoms with Crippen LogP contribution in [0.25, 0.3) is 0 Å². The van der Waals surface area contributed by atoms with E-state index in [-0.39, 0.29) is 36.2 Å². The van der Waals surface area contributed by atoms with Crippen LogP contribution in [0.15, 0.2) is 0 Å². The molecule has 0 amide bonds. The molecule has 0 aliphatic rings. The summed E-state index contributed by atoms with van der Waals surface area (Å²) in [4.78, 5) is 0. The zero-order valence-corrected chi connectivity index (χ0v) is 6.86. The van der Waals surface area contributed by atoms with E-state index in [2.05, 4.69) is 10.1 Å². The van der Waals surface area contributed by atoms with Gasteiger partial charge in [0.25, 0.3) is 0 Å². The number of rotatable bonds is 3. The van der Waals surface area contributed by atoms with Crippen LogP contribution >= 0.6 is 0 Å². The normalized spacial score (nSPS) is 9.27. The molecule has 0 radical (unpaired) electrons. The van der Waals surface area contributed by atoms with Gasteiger partial charge in [-0.1, -0.05) is 12.8 Å². The van der Waals surface area contributed by atoms with Crippen LogP contribution in [0.2, 0.25) is 0 Å². The fourth-order valence-corrected chi connectivity index (χ4v) is 1.04. The van der Waals surface area contributed by atoms with E-state index in [1.54, 1.807) is 0 Å². The predicted octanol–water partition coefficient (Wildman–Crippen LogP) is 0.0751. The van der Waals surface area contributed by atoms with Crippen LogP contribution in [0.5, 0.6) is 0 Å². The summed E-state index contributed by atoms with van der Waals surface area (Å²) in [5.41, 5.74) is 0. The van der Waals surface area contributed by atoms with Gasteiger partial charge in [0, 0.05) is 0 Å². The predicted molar refractivity (Wildman–Crippen MR) is 45.8 cm³/mol. The van der Waals surface area contributed by atoms with Crippen LogP contribution in [0.1, 0.15) is 20.3 Å². The summed E-state index contributed by atoms with van der Waals surface area (Å²) in [6.07, 6.45) is 0.671. The first-order valence-corrected chi connectivity index (χ1v) is 4.36. The molecular weight excluding hydrogens is 175 g/mol. The molecule has 0 aliphatic heterocycles. The Morgan fingerprint density at radius 1 is 1.45 bits per heavy atom. The third kappa shape index (κ3) is 8.38. The summed E-state index contributed by atoms with van der Waals surface area (Å²) >= 11 is 0. The van der Waals surface area contributed by atoms with Gasteiger partial charge in [-0.25, -0.2) is 0 Å². The molecule has 0 rings (SSSR count). The Bertz CT molecular complexity index is 234. The average molecular weight is 186 g/mol. The van der Waals surface area contributed by atoms with Crippen molar-refractivity contribution in [3.63, 3.8) is 0 Å². The SMILES string of the molecule is CC#CS(=O)(=O)OCCC.[NaH]. The van der Waals surface area contributed by atoms with E-state index in [9.17, 15) is 8.42 Å². The maximum absolute atomic E-state index is 10.6. The first kappa shape index (κ1) is 14.0. The first-order valence-electron chi connectivity index (χ1n) is 2.95. The molecule has 60 valence electrons. The van der Waals surface area contributed by atoms with E-state index in [0.717, 1.165) is 0 Å². The second-order valence-corrected chi connectivity index (χ2v) is 2.98. The van der Waals surface area contributed by atoms with Crippen molar-refractivity contribution >= 4 is 39.7 Å². The fourth-order valence-electron chi connectivity index (χ4n) is 0.348. The van der Waals surface area contributed by atoms with Crippen LogP contribution < -0.4 is 0 Å². The molecule has 11 heavy (non-hydrogen) atoms. The Morgan fingerprint density at radius 2 is 2.00 bits per heavy atom. The van der Waals surface area contributed by atoms with Crippen LogP contribution in [0, 0.1) is 11.2 Å². The molecule has 0 spiro atoms. The van der Waals surface area contributed by atoms with Gasteiger partial charge in [0.15, 0.2) is 0 Å². The van der Waals surface area contributed by atoms with Crippen molar-refractivity contribution in [3.8, 4) is 11.2 Å². The van der Waals surface area contributed by atoms with Gasteiger partial charge in [-0.15, -0.1) is 0 Å². The summed E-state index contributed by atoms with van der Waals surface area (Å²) in [5.74, 6) is 2.25. The summed E-state index contributed by atoms with van der Waals surface area (Å²) < 4.78 is 25.6.